The molecule has 0 saturated carbocycles. The molecular formula is C15H19N5O2. The Morgan fingerprint density at radius 1 is 1.23 bits per heavy atom. The van der Waals surface area contributed by atoms with Crippen molar-refractivity contribution in [2.24, 2.45) is 0 Å². The number of nitrogens with zero attached hydrogens (tertiary/aromatic N) is 3. The van der Waals surface area contributed by atoms with Crippen molar-refractivity contribution in [2.45, 2.75) is 27.2 Å². The molecule has 1 aromatic carbocycles. The van der Waals surface area contributed by atoms with Crippen molar-refractivity contribution in [1.82, 2.24) is 9.97 Å². The van der Waals surface area contributed by atoms with Gasteiger partial charge in [0.25, 0.3) is 0 Å². The molecule has 2 rings (SSSR count). The van der Waals surface area contributed by atoms with Crippen LogP contribution in [0.15, 0.2) is 24.5 Å². The molecule has 2 aromatic rings. The topological polar surface area (TPSA) is 93.0 Å². The zero-order valence-electron chi connectivity index (χ0n) is 12.9. The van der Waals surface area contributed by atoms with Gasteiger partial charge in [0.05, 0.1) is 4.92 Å². The molecule has 0 amide bonds. The van der Waals surface area contributed by atoms with E-state index >= 15 is 0 Å². The summed E-state index contributed by atoms with van der Waals surface area (Å²) in [5.74, 6) is 0.418. The van der Waals surface area contributed by atoms with Crippen LogP contribution in [0.5, 0.6) is 0 Å². The van der Waals surface area contributed by atoms with Crippen molar-refractivity contribution in [1.29, 1.82) is 0 Å². The van der Waals surface area contributed by atoms with Gasteiger partial charge < -0.3 is 10.6 Å². The Morgan fingerprint density at radius 2 is 1.95 bits per heavy atom. The van der Waals surface area contributed by atoms with Crippen LogP contribution in [0.4, 0.5) is 23.0 Å². The van der Waals surface area contributed by atoms with Crippen molar-refractivity contribution in [3.63, 3.8) is 0 Å². The predicted octanol–water partition coefficient (Wildman–Crippen LogP) is 3.57. The Labute approximate surface area is 129 Å². The maximum absolute atomic E-state index is 11.4. The Bertz CT molecular complexity index is 688. The van der Waals surface area contributed by atoms with E-state index in [0.717, 1.165) is 23.2 Å². The fourth-order valence-electron chi connectivity index (χ4n) is 2.01. The number of benzene rings is 1. The molecule has 2 N–H and O–H groups in total. The molecule has 7 nitrogen and oxygen atoms in total. The van der Waals surface area contributed by atoms with Crippen molar-refractivity contribution >= 4 is 23.0 Å². The monoisotopic (exact) mass is 301 g/mol. The lowest BCUT2D eigenvalue weighted by atomic mass is 10.1. The standard InChI is InChI=1S/C15H19N5O2/c1-4-7-16-14-13(20(21)22)15(18-9-17-14)19-12-8-10(2)5-6-11(12)3/h5-6,8-9H,4,7H2,1-3H3,(H2,16,17,18,19). The van der Waals surface area contributed by atoms with Crippen LogP contribution in [0.3, 0.4) is 0 Å². The smallest absolute Gasteiger partial charge is 0.353 e. The van der Waals surface area contributed by atoms with Crippen LogP contribution in [0.1, 0.15) is 24.5 Å². The van der Waals surface area contributed by atoms with Gasteiger partial charge in [-0.15, -0.1) is 0 Å². The predicted molar refractivity (Wildman–Crippen MR) is 86.7 cm³/mol. The first-order valence-corrected chi connectivity index (χ1v) is 7.10. The third-order valence-corrected chi connectivity index (χ3v) is 3.19. The molecule has 0 saturated heterocycles. The number of rotatable bonds is 6. The second-order valence-electron chi connectivity index (χ2n) is 5.05. The first kappa shape index (κ1) is 15.7. The average Bonchev–Trinajstić information content (AvgIpc) is 2.48. The minimum atomic E-state index is -0.467. The first-order valence-electron chi connectivity index (χ1n) is 7.10. The van der Waals surface area contributed by atoms with Crippen LogP contribution >= 0.6 is 0 Å². The van der Waals surface area contributed by atoms with Gasteiger partial charge in [0.2, 0.25) is 11.6 Å². The lowest BCUT2D eigenvalue weighted by molar-refractivity contribution is -0.383. The zero-order valence-corrected chi connectivity index (χ0v) is 12.9. The van der Waals surface area contributed by atoms with Crippen LogP contribution < -0.4 is 10.6 Å². The molecule has 7 heteroatoms. The average molecular weight is 301 g/mol. The number of anilines is 3. The summed E-state index contributed by atoms with van der Waals surface area (Å²) in [4.78, 5) is 18.9. The molecule has 1 aromatic heterocycles. The number of nitrogens with one attached hydrogen (secondary N) is 2. The Morgan fingerprint density at radius 3 is 2.64 bits per heavy atom. The van der Waals surface area contributed by atoms with Gasteiger partial charge in [-0.25, -0.2) is 9.97 Å². The molecule has 22 heavy (non-hydrogen) atoms. The third-order valence-electron chi connectivity index (χ3n) is 3.19. The van der Waals surface area contributed by atoms with Gasteiger partial charge in [-0.1, -0.05) is 19.1 Å². The molecule has 0 unspecified atom stereocenters. The largest absolute Gasteiger partial charge is 0.364 e. The fourth-order valence-corrected chi connectivity index (χ4v) is 2.01. The summed E-state index contributed by atoms with van der Waals surface area (Å²) in [7, 11) is 0. The highest BCUT2D eigenvalue weighted by Crippen LogP contribution is 2.32. The highest BCUT2D eigenvalue weighted by atomic mass is 16.6. The second-order valence-corrected chi connectivity index (χ2v) is 5.05. The summed E-state index contributed by atoms with van der Waals surface area (Å²) < 4.78 is 0. The molecule has 0 atom stereocenters. The van der Waals surface area contributed by atoms with Crippen molar-refractivity contribution < 1.29 is 4.92 Å². The quantitative estimate of drug-likeness (QED) is 0.626. The normalized spacial score (nSPS) is 10.3. The van der Waals surface area contributed by atoms with Gasteiger partial charge in [0, 0.05) is 12.2 Å². The highest BCUT2D eigenvalue weighted by Gasteiger charge is 2.23. The van der Waals surface area contributed by atoms with E-state index in [1.165, 1.54) is 6.33 Å². The van der Waals surface area contributed by atoms with Crippen LogP contribution in [0, 0.1) is 24.0 Å². The van der Waals surface area contributed by atoms with E-state index in [2.05, 4.69) is 20.6 Å². The van der Waals surface area contributed by atoms with Gasteiger partial charge in [-0.3, -0.25) is 10.1 Å². The summed E-state index contributed by atoms with van der Waals surface area (Å²) in [6, 6.07) is 5.88. The van der Waals surface area contributed by atoms with E-state index in [9.17, 15) is 10.1 Å². The fraction of sp³-hybridized carbons (Fsp3) is 0.333. The van der Waals surface area contributed by atoms with E-state index in [0.29, 0.717) is 6.54 Å². The van der Waals surface area contributed by atoms with E-state index < -0.39 is 4.92 Å². The summed E-state index contributed by atoms with van der Waals surface area (Å²) in [6.45, 7) is 6.49. The summed E-state index contributed by atoms with van der Waals surface area (Å²) >= 11 is 0. The lowest BCUT2D eigenvalue weighted by Gasteiger charge is -2.11. The van der Waals surface area contributed by atoms with Crippen LogP contribution in [0.2, 0.25) is 0 Å². The number of aryl methyl sites for hydroxylation is 2. The van der Waals surface area contributed by atoms with E-state index in [1.54, 1.807) is 0 Å². The SMILES string of the molecule is CCCNc1ncnc(Nc2cc(C)ccc2C)c1[N+](=O)[O-]. The van der Waals surface area contributed by atoms with E-state index in [4.69, 9.17) is 0 Å². The molecule has 0 spiro atoms. The van der Waals surface area contributed by atoms with Gasteiger partial charge in [0.15, 0.2) is 0 Å². The highest BCUT2D eigenvalue weighted by molar-refractivity contribution is 5.74. The molecule has 0 aliphatic rings. The van der Waals surface area contributed by atoms with Crippen LogP contribution in [-0.4, -0.2) is 21.4 Å². The van der Waals surface area contributed by atoms with Crippen LogP contribution in [0.25, 0.3) is 0 Å². The van der Waals surface area contributed by atoms with Crippen molar-refractivity contribution in [2.75, 3.05) is 17.2 Å². The van der Waals surface area contributed by atoms with Gasteiger partial charge >= 0.3 is 5.69 Å². The molecule has 0 radical (unpaired) electrons. The Kier molecular flexibility index (Phi) is 4.88. The molecule has 0 aliphatic heterocycles. The number of nitro groups is 1. The maximum atomic E-state index is 11.4. The van der Waals surface area contributed by atoms with Crippen molar-refractivity contribution in [3.8, 4) is 0 Å². The van der Waals surface area contributed by atoms with Crippen molar-refractivity contribution in [3.05, 3.63) is 45.8 Å². The number of hydrogen-bond donors (Lipinski definition) is 2. The number of hydrogen-bond acceptors (Lipinski definition) is 6. The molecule has 116 valence electrons. The van der Waals surface area contributed by atoms with Gasteiger partial charge in [-0.05, 0) is 37.5 Å². The molecule has 1 heterocycles. The Hall–Kier alpha value is -2.70. The van der Waals surface area contributed by atoms with E-state index in [-0.39, 0.29) is 17.3 Å². The molecular weight excluding hydrogens is 282 g/mol. The van der Waals surface area contributed by atoms with Gasteiger partial charge in [-0.2, -0.15) is 0 Å². The summed E-state index contributed by atoms with van der Waals surface area (Å²) in [6.07, 6.45) is 2.17. The molecule has 0 fully saturated rings. The molecule has 0 aliphatic carbocycles. The lowest BCUT2D eigenvalue weighted by Crippen LogP contribution is -2.09. The maximum Gasteiger partial charge on any atom is 0.353 e. The zero-order chi connectivity index (χ0) is 16.1. The van der Waals surface area contributed by atoms with E-state index in [1.807, 2.05) is 39.0 Å². The van der Waals surface area contributed by atoms with Crippen LogP contribution in [-0.2, 0) is 0 Å². The third kappa shape index (κ3) is 3.49. The minimum absolute atomic E-state index is 0.142. The Balaban J connectivity index is 2.41. The minimum Gasteiger partial charge on any atom is -0.364 e. The number of aromatic nitrogens is 2. The van der Waals surface area contributed by atoms with Gasteiger partial charge in [0.1, 0.15) is 6.33 Å². The first-order chi connectivity index (χ1) is 10.5. The summed E-state index contributed by atoms with van der Waals surface area (Å²) in [5.41, 5.74) is 2.70. The second kappa shape index (κ2) is 6.84. The summed E-state index contributed by atoms with van der Waals surface area (Å²) in [5, 5.41) is 17.4. The molecule has 0 bridgehead atoms.